The number of amides is 1. The molecular formula is C16H14ClN3O4S2. The Labute approximate surface area is 159 Å². The number of primary amides is 1. The number of benzene rings is 2. The molecule has 0 unspecified atom stereocenters. The van der Waals surface area contributed by atoms with Crippen molar-refractivity contribution < 1.29 is 17.6 Å². The minimum Gasteiger partial charge on any atom is -0.431 e. The SMILES string of the molecule is C[C@H](Sc1nc2cc(S(=O)(=O)Nc3ccc(Cl)cc3)ccc2o1)C(N)=O. The van der Waals surface area contributed by atoms with Gasteiger partial charge < -0.3 is 10.2 Å². The van der Waals surface area contributed by atoms with E-state index in [0.717, 1.165) is 11.8 Å². The smallest absolute Gasteiger partial charge is 0.261 e. The molecule has 1 heterocycles. The number of nitrogens with two attached hydrogens (primary N) is 1. The second kappa shape index (κ2) is 7.18. The zero-order valence-electron chi connectivity index (χ0n) is 13.5. The minimum absolute atomic E-state index is 0.0350. The summed E-state index contributed by atoms with van der Waals surface area (Å²) in [5.41, 5.74) is 6.38. The molecule has 7 nitrogen and oxygen atoms in total. The molecule has 1 atom stereocenters. The van der Waals surface area contributed by atoms with Crippen molar-refractivity contribution >= 4 is 56.1 Å². The topological polar surface area (TPSA) is 115 Å². The molecule has 2 aromatic carbocycles. The number of nitrogens with zero attached hydrogens (tertiary/aromatic N) is 1. The van der Waals surface area contributed by atoms with Crippen LogP contribution in [-0.4, -0.2) is 24.6 Å². The number of oxazole rings is 1. The van der Waals surface area contributed by atoms with Gasteiger partial charge in [0.25, 0.3) is 15.2 Å². The number of nitrogens with one attached hydrogen (secondary N) is 1. The summed E-state index contributed by atoms with van der Waals surface area (Å²) in [7, 11) is -3.80. The van der Waals surface area contributed by atoms with Gasteiger partial charge in [0.05, 0.1) is 10.1 Å². The second-order valence-electron chi connectivity index (χ2n) is 5.38. The summed E-state index contributed by atoms with van der Waals surface area (Å²) in [6.45, 7) is 1.63. The van der Waals surface area contributed by atoms with E-state index in [-0.39, 0.29) is 10.1 Å². The Morgan fingerprint density at radius 3 is 2.62 bits per heavy atom. The fourth-order valence-electron chi connectivity index (χ4n) is 2.04. The normalized spacial score (nSPS) is 12.8. The Bertz CT molecular complexity index is 1060. The van der Waals surface area contributed by atoms with E-state index in [0.29, 0.717) is 21.8 Å². The number of hydrogen-bond donors (Lipinski definition) is 2. The van der Waals surface area contributed by atoms with Gasteiger partial charge in [0.15, 0.2) is 5.58 Å². The van der Waals surface area contributed by atoms with Crippen LogP contribution in [0, 0.1) is 0 Å². The van der Waals surface area contributed by atoms with Crippen molar-refractivity contribution in [2.45, 2.75) is 22.3 Å². The highest BCUT2D eigenvalue weighted by molar-refractivity contribution is 8.00. The lowest BCUT2D eigenvalue weighted by atomic mass is 10.3. The molecule has 0 aliphatic carbocycles. The number of thioether (sulfide) groups is 1. The molecule has 0 radical (unpaired) electrons. The van der Waals surface area contributed by atoms with Gasteiger partial charge in [0.1, 0.15) is 5.52 Å². The fraction of sp³-hybridized carbons (Fsp3) is 0.125. The molecule has 0 aliphatic rings. The van der Waals surface area contributed by atoms with E-state index in [2.05, 4.69) is 9.71 Å². The number of aromatic nitrogens is 1. The Morgan fingerprint density at radius 1 is 1.27 bits per heavy atom. The van der Waals surface area contributed by atoms with E-state index in [1.165, 1.54) is 18.2 Å². The number of rotatable bonds is 6. The first kappa shape index (κ1) is 18.6. The summed E-state index contributed by atoms with van der Waals surface area (Å²) < 4.78 is 33.0. The average Bonchev–Trinajstić information content (AvgIpc) is 2.98. The molecule has 0 bridgehead atoms. The number of carbonyl (C=O) groups excluding carboxylic acids is 1. The van der Waals surface area contributed by atoms with Gasteiger partial charge in [-0.15, -0.1) is 0 Å². The lowest BCUT2D eigenvalue weighted by molar-refractivity contribution is -0.117. The monoisotopic (exact) mass is 411 g/mol. The van der Waals surface area contributed by atoms with Gasteiger partial charge in [-0.05, 0) is 49.4 Å². The van der Waals surface area contributed by atoms with Crippen LogP contribution >= 0.6 is 23.4 Å². The lowest BCUT2D eigenvalue weighted by Gasteiger charge is -2.07. The Balaban J connectivity index is 1.87. The Kier molecular flexibility index (Phi) is 5.12. The van der Waals surface area contributed by atoms with Crippen molar-refractivity contribution in [2.24, 2.45) is 5.73 Å². The van der Waals surface area contributed by atoms with Crippen LogP contribution in [0.1, 0.15) is 6.92 Å². The maximum Gasteiger partial charge on any atom is 0.261 e. The van der Waals surface area contributed by atoms with Gasteiger partial charge in [-0.2, -0.15) is 0 Å². The molecule has 1 aromatic heterocycles. The zero-order chi connectivity index (χ0) is 18.9. The molecule has 3 aromatic rings. The van der Waals surface area contributed by atoms with Crippen LogP contribution in [-0.2, 0) is 14.8 Å². The van der Waals surface area contributed by atoms with Gasteiger partial charge in [-0.1, -0.05) is 23.4 Å². The van der Waals surface area contributed by atoms with Crippen molar-refractivity contribution in [2.75, 3.05) is 4.72 Å². The quantitative estimate of drug-likeness (QED) is 0.601. The highest BCUT2D eigenvalue weighted by Gasteiger charge is 2.19. The summed E-state index contributed by atoms with van der Waals surface area (Å²) in [5, 5.41) is 0.233. The van der Waals surface area contributed by atoms with E-state index < -0.39 is 21.2 Å². The predicted molar refractivity (Wildman–Crippen MR) is 101 cm³/mol. The number of sulfonamides is 1. The van der Waals surface area contributed by atoms with Crippen molar-refractivity contribution in [3.63, 3.8) is 0 Å². The summed E-state index contributed by atoms with van der Waals surface area (Å²) in [6.07, 6.45) is 0. The minimum atomic E-state index is -3.80. The van der Waals surface area contributed by atoms with Gasteiger partial charge in [-0.3, -0.25) is 9.52 Å². The van der Waals surface area contributed by atoms with Crippen LogP contribution in [0.4, 0.5) is 5.69 Å². The van der Waals surface area contributed by atoms with Crippen LogP contribution in [0.2, 0.25) is 5.02 Å². The standard InChI is InChI=1S/C16H14ClN3O4S2/c1-9(15(18)21)25-16-19-13-8-12(6-7-14(13)24-16)26(22,23)20-11-4-2-10(17)3-5-11/h2-9,20H,1H3,(H2,18,21)/t9-/m0/s1. The first-order valence-corrected chi connectivity index (χ1v) is 10.1. The van der Waals surface area contributed by atoms with E-state index >= 15 is 0 Å². The maximum absolute atomic E-state index is 12.5. The molecule has 0 aliphatic heterocycles. The van der Waals surface area contributed by atoms with E-state index in [1.54, 1.807) is 31.2 Å². The maximum atomic E-state index is 12.5. The van der Waals surface area contributed by atoms with Crippen LogP contribution in [0.15, 0.2) is 57.0 Å². The zero-order valence-corrected chi connectivity index (χ0v) is 15.9. The molecule has 26 heavy (non-hydrogen) atoms. The average molecular weight is 412 g/mol. The fourth-order valence-corrected chi connectivity index (χ4v) is 3.96. The van der Waals surface area contributed by atoms with Gasteiger partial charge >= 0.3 is 0 Å². The van der Waals surface area contributed by atoms with Crippen molar-refractivity contribution in [1.82, 2.24) is 4.98 Å². The van der Waals surface area contributed by atoms with Gasteiger partial charge in [0.2, 0.25) is 5.91 Å². The summed E-state index contributed by atoms with van der Waals surface area (Å²) >= 11 is 6.86. The Morgan fingerprint density at radius 2 is 1.96 bits per heavy atom. The largest absolute Gasteiger partial charge is 0.431 e. The Hall–Kier alpha value is -2.23. The van der Waals surface area contributed by atoms with Crippen molar-refractivity contribution in [1.29, 1.82) is 0 Å². The molecule has 3 rings (SSSR count). The third kappa shape index (κ3) is 4.12. The first-order valence-electron chi connectivity index (χ1n) is 7.39. The number of hydrogen-bond acceptors (Lipinski definition) is 6. The lowest BCUT2D eigenvalue weighted by Crippen LogP contribution is -2.22. The molecule has 10 heteroatoms. The van der Waals surface area contributed by atoms with E-state index in [9.17, 15) is 13.2 Å². The number of fused-ring (bicyclic) bond motifs is 1. The third-order valence-electron chi connectivity index (χ3n) is 3.42. The highest BCUT2D eigenvalue weighted by Crippen LogP contribution is 2.28. The molecular weight excluding hydrogens is 398 g/mol. The molecule has 136 valence electrons. The number of halogens is 1. The highest BCUT2D eigenvalue weighted by atomic mass is 35.5. The van der Waals surface area contributed by atoms with Crippen LogP contribution in [0.5, 0.6) is 0 Å². The van der Waals surface area contributed by atoms with Gasteiger partial charge in [-0.25, -0.2) is 13.4 Å². The molecule has 0 saturated carbocycles. The predicted octanol–water partition coefficient (Wildman–Crippen LogP) is 3.25. The first-order chi connectivity index (χ1) is 12.2. The summed E-state index contributed by atoms with van der Waals surface area (Å²) in [4.78, 5) is 15.4. The van der Waals surface area contributed by atoms with Gasteiger partial charge in [0, 0.05) is 10.7 Å². The van der Waals surface area contributed by atoms with E-state index in [4.69, 9.17) is 21.8 Å². The molecule has 1 amide bonds. The number of anilines is 1. The molecule has 3 N–H and O–H groups in total. The van der Waals surface area contributed by atoms with Crippen LogP contribution in [0.3, 0.4) is 0 Å². The van der Waals surface area contributed by atoms with Crippen LogP contribution in [0.25, 0.3) is 11.1 Å². The summed E-state index contributed by atoms with van der Waals surface area (Å²) in [6, 6.07) is 10.6. The second-order valence-corrected chi connectivity index (χ2v) is 8.80. The molecule has 0 saturated heterocycles. The van der Waals surface area contributed by atoms with E-state index in [1.807, 2.05) is 0 Å². The summed E-state index contributed by atoms with van der Waals surface area (Å²) in [5.74, 6) is -0.493. The van der Waals surface area contributed by atoms with Crippen LogP contribution < -0.4 is 10.5 Å². The molecule has 0 fully saturated rings. The van der Waals surface area contributed by atoms with Crippen molar-refractivity contribution in [3.05, 3.63) is 47.5 Å². The van der Waals surface area contributed by atoms with Crippen molar-refractivity contribution in [3.8, 4) is 0 Å². The third-order valence-corrected chi connectivity index (χ3v) is 6.02. The number of carbonyl (C=O) groups is 1. The molecule has 0 spiro atoms.